The highest BCUT2D eigenvalue weighted by Gasteiger charge is 2.28. The Labute approximate surface area is 96.2 Å². The Kier molecular flexibility index (Phi) is 4.81. The van der Waals surface area contributed by atoms with Gasteiger partial charge in [0.25, 0.3) is 0 Å². The molecule has 0 aromatic carbocycles. The maximum absolute atomic E-state index is 11.2. The zero-order valence-corrected chi connectivity index (χ0v) is 10.1. The Morgan fingerprint density at radius 1 is 1.33 bits per heavy atom. The van der Waals surface area contributed by atoms with E-state index < -0.39 is 0 Å². The first kappa shape index (κ1) is 12.2. The first-order valence-electron chi connectivity index (χ1n) is 5.41. The summed E-state index contributed by atoms with van der Waals surface area (Å²) in [6, 6.07) is 0.339. The quantitative estimate of drug-likeness (QED) is 0.471. The lowest BCUT2D eigenvalue weighted by Gasteiger charge is -2.13. The zero-order chi connectivity index (χ0) is 11.3. The molecule has 3 N–H and O–H groups in total. The van der Waals surface area contributed by atoms with Gasteiger partial charge in [0.1, 0.15) is 0 Å². The largest absolute Gasteiger partial charge is 0.361 e. The monoisotopic (exact) mass is 229 g/mol. The topological polar surface area (TPSA) is 53.2 Å². The fourth-order valence-corrected chi connectivity index (χ4v) is 1.50. The predicted octanol–water partition coefficient (Wildman–Crippen LogP) is 0.385. The van der Waals surface area contributed by atoms with Crippen molar-refractivity contribution in [2.45, 2.75) is 32.7 Å². The maximum Gasteiger partial charge on any atom is 0.223 e. The molecule has 1 aliphatic rings. The lowest BCUT2D eigenvalue weighted by molar-refractivity contribution is -0.122. The third kappa shape index (κ3) is 5.57. The fourth-order valence-electron chi connectivity index (χ4n) is 1.16. The number of rotatable bonds is 5. The van der Waals surface area contributed by atoms with E-state index in [1.54, 1.807) is 0 Å². The molecule has 0 aromatic heterocycles. The summed E-state index contributed by atoms with van der Waals surface area (Å²) in [5.41, 5.74) is 0. The highest BCUT2D eigenvalue weighted by molar-refractivity contribution is 7.80. The number of nitrogens with one attached hydrogen (secondary N) is 3. The summed E-state index contributed by atoms with van der Waals surface area (Å²) in [6.07, 6.45) is 2.10. The molecule has 0 heterocycles. The molecule has 0 aromatic rings. The van der Waals surface area contributed by atoms with Crippen LogP contribution in [0.4, 0.5) is 0 Å². The standard InChI is InChI=1S/C10H19N3OS/c1-7(2)13-10(15)12-6-5-11-9(14)8-3-4-8/h7-8H,3-6H2,1-2H3,(H,11,14)(H2,12,13,15). The Balaban J connectivity index is 1.96. The van der Waals surface area contributed by atoms with Crippen molar-refractivity contribution < 1.29 is 4.79 Å². The number of thiocarbonyl (C=S) groups is 1. The molecule has 0 spiro atoms. The average Bonchev–Trinajstić information content (AvgIpc) is 2.93. The van der Waals surface area contributed by atoms with Gasteiger partial charge in [-0.2, -0.15) is 0 Å². The predicted molar refractivity (Wildman–Crippen MR) is 64.6 cm³/mol. The Bertz CT molecular complexity index is 239. The number of hydrogen-bond donors (Lipinski definition) is 3. The second-order valence-electron chi connectivity index (χ2n) is 4.12. The summed E-state index contributed by atoms with van der Waals surface area (Å²) >= 11 is 5.04. The van der Waals surface area contributed by atoms with Crippen LogP contribution in [0.2, 0.25) is 0 Å². The van der Waals surface area contributed by atoms with Gasteiger partial charge in [0, 0.05) is 25.0 Å². The molecule has 0 bridgehead atoms. The molecule has 86 valence electrons. The van der Waals surface area contributed by atoms with Crippen LogP contribution in [-0.2, 0) is 4.79 Å². The molecular formula is C10H19N3OS. The van der Waals surface area contributed by atoms with Crippen LogP contribution >= 0.6 is 12.2 Å². The zero-order valence-electron chi connectivity index (χ0n) is 9.30. The van der Waals surface area contributed by atoms with E-state index in [1.807, 2.05) is 13.8 Å². The minimum absolute atomic E-state index is 0.180. The summed E-state index contributed by atoms with van der Waals surface area (Å²) in [4.78, 5) is 11.2. The van der Waals surface area contributed by atoms with Crippen molar-refractivity contribution >= 4 is 23.2 Å². The second kappa shape index (κ2) is 5.90. The minimum atomic E-state index is 0.180. The molecular weight excluding hydrogens is 210 g/mol. The van der Waals surface area contributed by atoms with Gasteiger partial charge in [-0.25, -0.2) is 0 Å². The molecule has 1 amide bonds. The normalized spacial score (nSPS) is 14.9. The Morgan fingerprint density at radius 2 is 1.93 bits per heavy atom. The summed E-state index contributed by atoms with van der Waals surface area (Å²) < 4.78 is 0. The molecule has 1 fully saturated rings. The molecule has 0 radical (unpaired) electrons. The summed E-state index contributed by atoms with van der Waals surface area (Å²) in [7, 11) is 0. The molecule has 4 nitrogen and oxygen atoms in total. The molecule has 0 aliphatic heterocycles. The molecule has 1 saturated carbocycles. The van der Waals surface area contributed by atoms with Gasteiger partial charge in [-0.3, -0.25) is 4.79 Å². The lowest BCUT2D eigenvalue weighted by atomic mass is 10.4. The molecule has 15 heavy (non-hydrogen) atoms. The van der Waals surface area contributed by atoms with Gasteiger partial charge in [-0.1, -0.05) is 0 Å². The highest BCUT2D eigenvalue weighted by atomic mass is 32.1. The van der Waals surface area contributed by atoms with Crippen LogP contribution in [0.3, 0.4) is 0 Å². The number of hydrogen-bond acceptors (Lipinski definition) is 2. The molecule has 1 rings (SSSR count). The minimum Gasteiger partial charge on any atom is -0.361 e. The van der Waals surface area contributed by atoms with Crippen LogP contribution in [0.15, 0.2) is 0 Å². The van der Waals surface area contributed by atoms with Gasteiger partial charge in [0.15, 0.2) is 5.11 Å². The van der Waals surface area contributed by atoms with Crippen LogP contribution in [-0.4, -0.2) is 30.2 Å². The molecule has 0 unspecified atom stereocenters. The first-order chi connectivity index (χ1) is 7.09. The Morgan fingerprint density at radius 3 is 2.47 bits per heavy atom. The second-order valence-corrected chi connectivity index (χ2v) is 4.53. The van der Waals surface area contributed by atoms with E-state index in [0.717, 1.165) is 12.8 Å². The van der Waals surface area contributed by atoms with Crippen molar-refractivity contribution in [3.8, 4) is 0 Å². The van der Waals surface area contributed by atoms with E-state index in [9.17, 15) is 4.79 Å². The number of amides is 1. The van der Waals surface area contributed by atoms with E-state index in [1.165, 1.54) is 0 Å². The van der Waals surface area contributed by atoms with Crippen molar-refractivity contribution in [2.75, 3.05) is 13.1 Å². The van der Waals surface area contributed by atoms with Gasteiger partial charge in [-0.15, -0.1) is 0 Å². The van der Waals surface area contributed by atoms with Gasteiger partial charge in [0.05, 0.1) is 0 Å². The lowest BCUT2D eigenvalue weighted by Crippen LogP contribution is -2.42. The van der Waals surface area contributed by atoms with Crippen molar-refractivity contribution in [1.82, 2.24) is 16.0 Å². The molecule has 0 atom stereocenters. The highest BCUT2D eigenvalue weighted by Crippen LogP contribution is 2.28. The van der Waals surface area contributed by atoms with E-state index in [4.69, 9.17) is 12.2 Å². The number of carbonyl (C=O) groups excluding carboxylic acids is 1. The average molecular weight is 229 g/mol. The van der Waals surface area contributed by atoms with E-state index in [0.29, 0.717) is 24.2 Å². The van der Waals surface area contributed by atoms with Crippen molar-refractivity contribution in [3.63, 3.8) is 0 Å². The van der Waals surface area contributed by atoms with Crippen LogP contribution in [0.5, 0.6) is 0 Å². The molecule has 0 saturated heterocycles. The summed E-state index contributed by atoms with van der Waals surface area (Å²) in [5.74, 6) is 0.463. The van der Waals surface area contributed by atoms with E-state index >= 15 is 0 Å². The first-order valence-corrected chi connectivity index (χ1v) is 5.82. The van der Waals surface area contributed by atoms with Crippen LogP contribution in [0.25, 0.3) is 0 Å². The van der Waals surface area contributed by atoms with Crippen LogP contribution in [0, 0.1) is 5.92 Å². The third-order valence-corrected chi connectivity index (χ3v) is 2.34. The molecule has 5 heteroatoms. The maximum atomic E-state index is 11.2. The van der Waals surface area contributed by atoms with Crippen molar-refractivity contribution in [2.24, 2.45) is 5.92 Å². The van der Waals surface area contributed by atoms with Gasteiger partial charge < -0.3 is 16.0 Å². The fraction of sp³-hybridized carbons (Fsp3) is 0.800. The Hall–Kier alpha value is -0.840. The van der Waals surface area contributed by atoms with Gasteiger partial charge >= 0.3 is 0 Å². The van der Waals surface area contributed by atoms with Crippen molar-refractivity contribution in [1.29, 1.82) is 0 Å². The van der Waals surface area contributed by atoms with E-state index in [2.05, 4.69) is 16.0 Å². The van der Waals surface area contributed by atoms with Gasteiger partial charge in [-0.05, 0) is 38.9 Å². The van der Waals surface area contributed by atoms with E-state index in [-0.39, 0.29) is 11.8 Å². The summed E-state index contributed by atoms with van der Waals surface area (Å²) in [6.45, 7) is 5.37. The summed E-state index contributed by atoms with van der Waals surface area (Å²) in [5, 5.41) is 9.62. The van der Waals surface area contributed by atoms with Gasteiger partial charge in [0.2, 0.25) is 5.91 Å². The van der Waals surface area contributed by atoms with Crippen LogP contribution in [0.1, 0.15) is 26.7 Å². The molecule has 1 aliphatic carbocycles. The third-order valence-electron chi connectivity index (χ3n) is 2.08. The smallest absolute Gasteiger partial charge is 0.223 e. The number of carbonyl (C=O) groups is 1. The SMILES string of the molecule is CC(C)NC(=S)NCCNC(=O)C1CC1. The van der Waals surface area contributed by atoms with Crippen molar-refractivity contribution in [3.05, 3.63) is 0 Å². The van der Waals surface area contributed by atoms with Crippen LogP contribution < -0.4 is 16.0 Å².